The Morgan fingerprint density at radius 3 is 2.27 bits per heavy atom. The molecule has 0 aromatic heterocycles. The quantitative estimate of drug-likeness (QED) is 0.546. The van der Waals surface area contributed by atoms with Crippen LogP contribution in [-0.4, -0.2) is 11.7 Å². The van der Waals surface area contributed by atoms with Gasteiger partial charge in [-0.3, -0.25) is 9.59 Å². The van der Waals surface area contributed by atoms with Crippen molar-refractivity contribution in [2.75, 3.05) is 0 Å². The number of nitrogens with one attached hydrogen (secondary N) is 1. The molecule has 1 amide bonds. The van der Waals surface area contributed by atoms with E-state index in [9.17, 15) is 40.3 Å². The van der Waals surface area contributed by atoms with Crippen LogP contribution in [0, 0.1) is 12.7 Å². The van der Waals surface area contributed by atoms with Crippen LogP contribution in [0.4, 0.5) is 30.7 Å². The third-order valence-electron chi connectivity index (χ3n) is 4.51. The lowest BCUT2D eigenvalue weighted by Gasteiger charge is -2.20. The predicted octanol–water partition coefficient (Wildman–Crippen LogP) is 6.11. The number of aryl methyl sites for hydroxylation is 1. The van der Waals surface area contributed by atoms with E-state index in [2.05, 4.69) is 5.32 Å². The number of halogens is 7. The lowest BCUT2D eigenvalue weighted by atomic mass is 10.00. The van der Waals surface area contributed by atoms with Crippen molar-refractivity contribution in [1.82, 2.24) is 5.32 Å². The van der Waals surface area contributed by atoms with Crippen molar-refractivity contribution < 1.29 is 45.1 Å². The summed E-state index contributed by atoms with van der Waals surface area (Å²) in [4.78, 5) is 24.3. The highest BCUT2D eigenvalue weighted by atomic mass is 19.4. The van der Waals surface area contributed by atoms with E-state index in [0.29, 0.717) is 0 Å². The molecule has 0 radical (unpaired) electrons. The highest BCUT2D eigenvalue weighted by molar-refractivity contribution is 6.01. The molecule has 0 spiro atoms. The Balaban J connectivity index is 2.20. The zero-order valence-electron chi connectivity index (χ0n) is 16.7. The fraction of sp³-hybridized carbons (Fsp3) is 0.182. The van der Waals surface area contributed by atoms with E-state index in [-0.39, 0.29) is 35.6 Å². The zero-order valence-corrected chi connectivity index (χ0v) is 16.7. The standard InChI is InChI=1S/C22H14F7NO3/c1-11-7-13(23)5-6-17(11)33-18-9-12(21(24,25)26)8-16(22(27,28)29)19(18)20(32)30-14-3-2-4-15(31)10-14/h2-3,5-10H,4H2,1H3,(H,30,32). The molecule has 4 nitrogen and oxygen atoms in total. The van der Waals surface area contributed by atoms with Crippen LogP contribution in [0.5, 0.6) is 11.5 Å². The number of carbonyl (C=O) groups is 2. The molecule has 0 saturated carbocycles. The number of ether oxygens (including phenoxy) is 1. The first-order valence-corrected chi connectivity index (χ1v) is 9.24. The molecule has 1 aliphatic carbocycles. The molecule has 0 fully saturated rings. The van der Waals surface area contributed by atoms with Gasteiger partial charge in [0.15, 0.2) is 5.78 Å². The van der Waals surface area contributed by atoms with Crippen molar-refractivity contribution in [2.45, 2.75) is 25.7 Å². The van der Waals surface area contributed by atoms with Gasteiger partial charge in [0.2, 0.25) is 0 Å². The third kappa shape index (κ3) is 5.60. The van der Waals surface area contributed by atoms with Gasteiger partial charge in [-0.1, -0.05) is 6.08 Å². The maximum absolute atomic E-state index is 13.7. The first-order chi connectivity index (χ1) is 15.3. The van der Waals surface area contributed by atoms with E-state index < -0.39 is 52.3 Å². The van der Waals surface area contributed by atoms with Gasteiger partial charge >= 0.3 is 12.4 Å². The van der Waals surface area contributed by atoms with Crippen molar-refractivity contribution in [3.63, 3.8) is 0 Å². The van der Waals surface area contributed by atoms with Gasteiger partial charge in [-0.25, -0.2) is 4.39 Å². The summed E-state index contributed by atoms with van der Waals surface area (Å²) in [5, 5.41) is 2.08. The van der Waals surface area contributed by atoms with Crippen molar-refractivity contribution in [3.05, 3.63) is 82.3 Å². The van der Waals surface area contributed by atoms with Crippen molar-refractivity contribution >= 4 is 11.7 Å². The molecule has 11 heteroatoms. The van der Waals surface area contributed by atoms with E-state index in [1.165, 1.54) is 19.1 Å². The Morgan fingerprint density at radius 2 is 1.70 bits per heavy atom. The molecule has 1 N–H and O–H groups in total. The van der Waals surface area contributed by atoms with Crippen LogP contribution in [0.2, 0.25) is 0 Å². The maximum Gasteiger partial charge on any atom is 0.417 e. The van der Waals surface area contributed by atoms with Gasteiger partial charge in [-0.15, -0.1) is 0 Å². The molecule has 0 bridgehead atoms. The van der Waals surface area contributed by atoms with Crippen LogP contribution in [0.1, 0.15) is 33.5 Å². The predicted molar refractivity (Wildman–Crippen MR) is 102 cm³/mol. The number of alkyl halides is 6. The molecular weight excluding hydrogens is 459 g/mol. The number of rotatable bonds is 4. The smallest absolute Gasteiger partial charge is 0.417 e. The normalized spacial score (nSPS) is 14.2. The zero-order chi connectivity index (χ0) is 24.6. The fourth-order valence-electron chi connectivity index (χ4n) is 3.02. The second kappa shape index (κ2) is 8.72. The molecule has 174 valence electrons. The van der Waals surface area contributed by atoms with E-state index in [0.717, 1.165) is 24.3 Å². The summed E-state index contributed by atoms with van der Waals surface area (Å²) in [5.74, 6) is -3.90. The largest absolute Gasteiger partial charge is 0.456 e. The first-order valence-electron chi connectivity index (χ1n) is 9.24. The van der Waals surface area contributed by atoms with Gasteiger partial charge in [0, 0.05) is 18.2 Å². The average Bonchev–Trinajstić information content (AvgIpc) is 2.68. The van der Waals surface area contributed by atoms with E-state index in [1.54, 1.807) is 0 Å². The third-order valence-corrected chi connectivity index (χ3v) is 4.51. The van der Waals surface area contributed by atoms with E-state index in [1.807, 2.05) is 0 Å². The summed E-state index contributed by atoms with van der Waals surface area (Å²) in [6.45, 7) is 1.32. The Morgan fingerprint density at radius 1 is 1.00 bits per heavy atom. The highest BCUT2D eigenvalue weighted by Crippen LogP contribution is 2.43. The van der Waals surface area contributed by atoms with Crippen LogP contribution in [0.3, 0.4) is 0 Å². The molecule has 0 aliphatic heterocycles. The summed E-state index contributed by atoms with van der Waals surface area (Å²) < 4.78 is 99.8. The summed E-state index contributed by atoms with van der Waals surface area (Å²) in [6.07, 6.45) is -6.94. The Kier molecular flexibility index (Phi) is 6.35. The SMILES string of the molecule is Cc1cc(F)ccc1Oc1cc(C(F)(F)F)cc(C(F)(F)F)c1C(=O)NC1=CC(=O)CC=C1. The monoisotopic (exact) mass is 473 g/mol. The molecule has 3 rings (SSSR count). The Bertz CT molecular complexity index is 1180. The molecule has 0 unspecified atom stereocenters. The second-order valence-electron chi connectivity index (χ2n) is 7.03. The summed E-state index contributed by atoms with van der Waals surface area (Å²) >= 11 is 0. The summed E-state index contributed by atoms with van der Waals surface area (Å²) in [5.41, 5.74) is -4.90. The number of amides is 1. The highest BCUT2D eigenvalue weighted by Gasteiger charge is 2.42. The topological polar surface area (TPSA) is 55.4 Å². The average molecular weight is 473 g/mol. The second-order valence-corrected chi connectivity index (χ2v) is 7.03. The molecule has 1 aliphatic rings. The van der Waals surface area contributed by atoms with Crippen molar-refractivity contribution in [1.29, 1.82) is 0 Å². The number of allylic oxidation sites excluding steroid dienone is 3. The Hall–Kier alpha value is -3.63. The molecule has 0 atom stereocenters. The van der Waals surface area contributed by atoms with Crippen molar-refractivity contribution in [3.8, 4) is 11.5 Å². The Labute approximate surface area is 182 Å². The minimum atomic E-state index is -5.36. The number of carbonyl (C=O) groups excluding carboxylic acids is 2. The lowest BCUT2D eigenvalue weighted by Crippen LogP contribution is -2.27. The van der Waals surface area contributed by atoms with Gasteiger partial charge in [0.25, 0.3) is 5.91 Å². The number of hydrogen-bond acceptors (Lipinski definition) is 3. The minimum absolute atomic E-state index is 0.0195. The van der Waals surface area contributed by atoms with Gasteiger partial charge < -0.3 is 10.1 Å². The van der Waals surface area contributed by atoms with Crippen LogP contribution in [0.25, 0.3) is 0 Å². The summed E-state index contributed by atoms with van der Waals surface area (Å²) in [6, 6.07) is 2.91. The fourth-order valence-corrected chi connectivity index (χ4v) is 3.02. The van der Waals surface area contributed by atoms with Gasteiger partial charge in [0.1, 0.15) is 17.3 Å². The van der Waals surface area contributed by atoms with Crippen molar-refractivity contribution in [2.24, 2.45) is 0 Å². The van der Waals surface area contributed by atoms with Gasteiger partial charge in [0.05, 0.1) is 16.7 Å². The maximum atomic E-state index is 13.7. The van der Waals surface area contributed by atoms with Crippen LogP contribution >= 0.6 is 0 Å². The van der Waals surface area contributed by atoms with E-state index in [4.69, 9.17) is 4.74 Å². The molecule has 2 aromatic rings. The molecule has 2 aromatic carbocycles. The van der Waals surface area contributed by atoms with Gasteiger partial charge in [-0.05, 0) is 48.9 Å². The van der Waals surface area contributed by atoms with Crippen LogP contribution < -0.4 is 10.1 Å². The molecular formula is C22H14F7NO3. The minimum Gasteiger partial charge on any atom is -0.456 e. The number of ketones is 1. The lowest BCUT2D eigenvalue weighted by molar-refractivity contribution is -0.143. The number of hydrogen-bond donors (Lipinski definition) is 1. The molecule has 0 saturated heterocycles. The van der Waals surface area contributed by atoms with E-state index >= 15 is 0 Å². The van der Waals surface area contributed by atoms with Crippen LogP contribution in [-0.2, 0) is 17.1 Å². The van der Waals surface area contributed by atoms with Gasteiger partial charge in [-0.2, -0.15) is 26.3 Å². The number of benzene rings is 2. The molecule has 33 heavy (non-hydrogen) atoms. The molecule has 0 heterocycles. The van der Waals surface area contributed by atoms with Crippen LogP contribution in [0.15, 0.2) is 54.3 Å². The summed E-state index contributed by atoms with van der Waals surface area (Å²) in [7, 11) is 0. The first kappa shape index (κ1) is 24.0.